The summed E-state index contributed by atoms with van der Waals surface area (Å²) in [5.41, 5.74) is 0.553. The minimum Gasteiger partial charge on any atom is -0.465 e. The highest BCUT2D eigenvalue weighted by Gasteiger charge is 2.13. The lowest BCUT2D eigenvalue weighted by atomic mass is 10.2. The van der Waals surface area contributed by atoms with Crippen molar-refractivity contribution in [2.45, 2.75) is 31.8 Å². The smallest absolute Gasteiger partial charge is 0.325 e. The molecule has 0 aliphatic rings. The molecule has 0 aliphatic carbocycles. The van der Waals surface area contributed by atoms with E-state index in [1.165, 1.54) is 17.8 Å². The molecule has 0 aromatic carbocycles. The minimum atomic E-state index is -0.480. The van der Waals surface area contributed by atoms with Crippen molar-refractivity contribution in [2.75, 3.05) is 18.9 Å². The second-order valence-electron chi connectivity index (χ2n) is 4.89. The number of nitrogens with zero attached hydrogens (tertiary/aromatic N) is 3. The summed E-state index contributed by atoms with van der Waals surface area (Å²) in [6.07, 6.45) is 1.56. The van der Waals surface area contributed by atoms with Crippen LogP contribution in [0.25, 0.3) is 5.78 Å². The highest BCUT2D eigenvalue weighted by atomic mass is 32.2. The zero-order chi connectivity index (χ0) is 17.5. The molecule has 2 aromatic heterocycles. The molecule has 2 N–H and O–H groups in total. The summed E-state index contributed by atoms with van der Waals surface area (Å²) in [5.74, 6) is -0.372. The van der Waals surface area contributed by atoms with Crippen molar-refractivity contribution in [3.8, 4) is 0 Å². The first-order valence-corrected chi connectivity index (χ1v) is 8.56. The number of carbonyl (C=O) groups is 2. The quantitative estimate of drug-likeness (QED) is 0.512. The fourth-order valence-electron chi connectivity index (χ4n) is 2.07. The normalized spacial score (nSPS) is 10.8. The summed E-state index contributed by atoms with van der Waals surface area (Å²) >= 11 is 1.18. The Bertz CT molecular complexity index is 785. The fourth-order valence-corrected chi connectivity index (χ4v) is 2.86. The molecule has 0 saturated heterocycles. The van der Waals surface area contributed by atoms with E-state index in [0.717, 1.165) is 12.1 Å². The van der Waals surface area contributed by atoms with E-state index in [1.54, 1.807) is 11.3 Å². The Kier molecular flexibility index (Phi) is 6.36. The summed E-state index contributed by atoms with van der Waals surface area (Å²) in [6, 6.07) is 1.50. The van der Waals surface area contributed by atoms with Crippen molar-refractivity contribution >= 4 is 29.4 Å². The van der Waals surface area contributed by atoms with Crippen LogP contribution < -0.4 is 10.9 Å². The molecule has 9 nitrogen and oxygen atoms in total. The SMILES string of the molecule is CCCc1cc(=O)[nH]c2nnc(SCC(=O)NCC(=O)OCC)n12. The van der Waals surface area contributed by atoms with Gasteiger partial charge in [0.2, 0.25) is 11.7 Å². The number of nitrogens with one attached hydrogen (secondary N) is 2. The third-order valence-corrected chi connectivity index (χ3v) is 3.96. The lowest BCUT2D eigenvalue weighted by Crippen LogP contribution is -2.31. The largest absolute Gasteiger partial charge is 0.465 e. The first-order valence-electron chi connectivity index (χ1n) is 7.57. The predicted molar refractivity (Wildman–Crippen MR) is 88.0 cm³/mol. The number of amides is 1. The van der Waals surface area contributed by atoms with Crippen LogP contribution in [-0.4, -0.2) is 50.4 Å². The number of thioether (sulfide) groups is 1. The van der Waals surface area contributed by atoms with Crippen LogP contribution in [0.5, 0.6) is 0 Å². The van der Waals surface area contributed by atoms with Gasteiger partial charge in [-0.15, -0.1) is 10.2 Å². The molecule has 0 aliphatic heterocycles. The summed E-state index contributed by atoms with van der Waals surface area (Å²) in [4.78, 5) is 37.2. The Morgan fingerprint density at radius 1 is 1.38 bits per heavy atom. The van der Waals surface area contributed by atoms with E-state index in [4.69, 9.17) is 4.74 Å². The van der Waals surface area contributed by atoms with E-state index in [1.807, 2.05) is 6.92 Å². The topological polar surface area (TPSA) is 118 Å². The molecule has 24 heavy (non-hydrogen) atoms. The number of carbonyl (C=O) groups excluding carboxylic acids is 2. The Labute approximate surface area is 142 Å². The van der Waals surface area contributed by atoms with Crippen LogP contribution in [0.15, 0.2) is 16.0 Å². The lowest BCUT2D eigenvalue weighted by Gasteiger charge is -2.06. The summed E-state index contributed by atoms with van der Waals surface area (Å²) in [5, 5.41) is 10.9. The van der Waals surface area contributed by atoms with Crippen LogP contribution >= 0.6 is 11.8 Å². The van der Waals surface area contributed by atoms with E-state index in [9.17, 15) is 14.4 Å². The zero-order valence-electron chi connectivity index (χ0n) is 13.5. The van der Waals surface area contributed by atoms with Crippen LogP contribution in [0.3, 0.4) is 0 Å². The number of hydrogen-bond acceptors (Lipinski definition) is 7. The van der Waals surface area contributed by atoms with Gasteiger partial charge in [-0.2, -0.15) is 0 Å². The minimum absolute atomic E-state index is 0.0743. The third kappa shape index (κ3) is 4.57. The van der Waals surface area contributed by atoms with Crippen molar-refractivity contribution in [1.29, 1.82) is 0 Å². The molecule has 1 amide bonds. The molecule has 0 fully saturated rings. The number of esters is 1. The molecular weight excluding hydrogens is 334 g/mol. The van der Waals surface area contributed by atoms with Crippen LogP contribution in [0.1, 0.15) is 26.0 Å². The van der Waals surface area contributed by atoms with Gasteiger partial charge in [0, 0.05) is 11.8 Å². The number of fused-ring (bicyclic) bond motifs is 1. The van der Waals surface area contributed by atoms with Gasteiger partial charge in [-0.25, -0.2) is 0 Å². The van der Waals surface area contributed by atoms with E-state index in [0.29, 0.717) is 17.4 Å². The molecule has 2 rings (SSSR count). The number of ether oxygens (including phenoxy) is 1. The average Bonchev–Trinajstić information content (AvgIpc) is 2.94. The monoisotopic (exact) mass is 353 g/mol. The maximum atomic E-state index is 11.8. The Balaban J connectivity index is 2.04. The van der Waals surface area contributed by atoms with Crippen molar-refractivity contribution in [3.05, 3.63) is 22.1 Å². The number of rotatable bonds is 8. The van der Waals surface area contributed by atoms with Gasteiger partial charge in [-0.05, 0) is 13.3 Å². The molecule has 0 spiro atoms. The van der Waals surface area contributed by atoms with Crippen molar-refractivity contribution in [1.82, 2.24) is 24.9 Å². The second-order valence-corrected chi connectivity index (χ2v) is 5.83. The number of aryl methyl sites for hydroxylation is 1. The lowest BCUT2D eigenvalue weighted by molar-refractivity contribution is -0.143. The first kappa shape index (κ1) is 18.0. The van der Waals surface area contributed by atoms with Gasteiger partial charge < -0.3 is 10.1 Å². The molecule has 10 heteroatoms. The predicted octanol–water partition coefficient (Wildman–Crippen LogP) is 0.142. The van der Waals surface area contributed by atoms with Gasteiger partial charge >= 0.3 is 5.97 Å². The molecule has 0 atom stereocenters. The summed E-state index contributed by atoms with van der Waals surface area (Å²) in [7, 11) is 0. The van der Waals surface area contributed by atoms with Crippen molar-refractivity contribution < 1.29 is 14.3 Å². The van der Waals surface area contributed by atoms with Gasteiger partial charge in [-0.3, -0.25) is 23.8 Å². The highest BCUT2D eigenvalue weighted by molar-refractivity contribution is 7.99. The standard InChI is InChI=1S/C14H19N5O4S/c1-3-5-9-6-10(20)16-13-17-18-14(19(9)13)24-8-11(21)15-7-12(22)23-4-2/h6H,3-5,7-8H2,1-2H3,(H,15,21)(H,16,17,20). The van der Waals surface area contributed by atoms with Gasteiger partial charge in [0.1, 0.15) is 6.54 Å². The van der Waals surface area contributed by atoms with E-state index >= 15 is 0 Å². The number of hydrogen-bond donors (Lipinski definition) is 2. The van der Waals surface area contributed by atoms with E-state index < -0.39 is 5.97 Å². The first-order chi connectivity index (χ1) is 11.5. The number of aromatic amines is 1. The van der Waals surface area contributed by atoms with E-state index in [2.05, 4.69) is 20.5 Å². The van der Waals surface area contributed by atoms with Gasteiger partial charge in [0.25, 0.3) is 5.56 Å². The third-order valence-electron chi connectivity index (χ3n) is 3.03. The molecule has 2 aromatic rings. The van der Waals surface area contributed by atoms with Crippen LogP contribution in [0, 0.1) is 0 Å². The molecule has 130 valence electrons. The molecule has 0 unspecified atom stereocenters. The van der Waals surface area contributed by atoms with Gasteiger partial charge in [0.05, 0.1) is 12.4 Å². The summed E-state index contributed by atoms with van der Waals surface area (Å²) < 4.78 is 6.46. The number of H-pyrrole nitrogens is 1. The molecule has 0 radical (unpaired) electrons. The Morgan fingerprint density at radius 3 is 2.88 bits per heavy atom. The Morgan fingerprint density at radius 2 is 2.17 bits per heavy atom. The van der Waals surface area contributed by atoms with Crippen LogP contribution in [-0.2, 0) is 20.7 Å². The maximum absolute atomic E-state index is 11.8. The summed E-state index contributed by atoms with van der Waals surface area (Å²) in [6.45, 7) is 3.81. The average molecular weight is 353 g/mol. The van der Waals surface area contributed by atoms with Crippen LogP contribution in [0.4, 0.5) is 0 Å². The molecular formula is C14H19N5O4S. The Hall–Kier alpha value is -2.36. The second kappa shape index (κ2) is 8.48. The molecule has 0 bridgehead atoms. The number of aromatic nitrogens is 4. The van der Waals surface area contributed by atoms with Crippen molar-refractivity contribution in [3.63, 3.8) is 0 Å². The molecule has 0 saturated carbocycles. The van der Waals surface area contributed by atoms with E-state index in [-0.39, 0.29) is 30.4 Å². The van der Waals surface area contributed by atoms with Gasteiger partial charge in [0.15, 0.2) is 5.16 Å². The van der Waals surface area contributed by atoms with Crippen LogP contribution in [0.2, 0.25) is 0 Å². The fraction of sp³-hybridized carbons (Fsp3) is 0.500. The van der Waals surface area contributed by atoms with Gasteiger partial charge in [-0.1, -0.05) is 25.1 Å². The highest BCUT2D eigenvalue weighted by Crippen LogP contribution is 2.17. The maximum Gasteiger partial charge on any atom is 0.325 e. The van der Waals surface area contributed by atoms with Crippen molar-refractivity contribution in [2.24, 2.45) is 0 Å². The molecule has 2 heterocycles. The zero-order valence-corrected chi connectivity index (χ0v) is 14.3.